The van der Waals surface area contributed by atoms with Gasteiger partial charge in [0.15, 0.2) is 0 Å². The Bertz CT molecular complexity index is 1500. The molecule has 0 saturated heterocycles. The third kappa shape index (κ3) is 1.60. The highest BCUT2D eigenvalue weighted by molar-refractivity contribution is 6.18. The van der Waals surface area contributed by atoms with Crippen molar-refractivity contribution >= 4 is 49.3 Å². The van der Waals surface area contributed by atoms with Gasteiger partial charge in [0.2, 0.25) is 0 Å². The van der Waals surface area contributed by atoms with Crippen LogP contribution in [0.15, 0.2) is 71.4 Å². The average molecular weight is 337 g/mol. The van der Waals surface area contributed by atoms with Crippen LogP contribution in [0.2, 0.25) is 0 Å². The van der Waals surface area contributed by atoms with Crippen LogP contribution in [-0.4, -0.2) is 4.40 Å². The van der Waals surface area contributed by atoms with Crippen molar-refractivity contribution in [3.63, 3.8) is 0 Å². The molecular formula is C23H17N2O+. The summed E-state index contributed by atoms with van der Waals surface area (Å²) in [7, 11) is 2.10. The predicted octanol–water partition coefficient (Wildman–Crippen LogP) is 5.28. The fourth-order valence-electron chi connectivity index (χ4n) is 4.33. The number of benzene rings is 3. The van der Waals surface area contributed by atoms with E-state index in [2.05, 4.69) is 77.8 Å². The summed E-state index contributed by atoms with van der Waals surface area (Å²) in [5, 5.41) is 6.19. The maximum atomic E-state index is 6.13. The first kappa shape index (κ1) is 13.9. The van der Waals surface area contributed by atoms with Gasteiger partial charge >= 0.3 is 0 Å². The molecule has 3 aromatic carbocycles. The van der Waals surface area contributed by atoms with Crippen molar-refractivity contribution in [2.45, 2.75) is 6.92 Å². The van der Waals surface area contributed by atoms with Gasteiger partial charge in [0.1, 0.15) is 29.1 Å². The number of aromatic nitrogens is 2. The zero-order chi connectivity index (χ0) is 17.4. The molecule has 0 fully saturated rings. The number of hydrogen-bond acceptors (Lipinski definition) is 1. The van der Waals surface area contributed by atoms with E-state index in [1.165, 1.54) is 43.7 Å². The second-order valence-corrected chi connectivity index (χ2v) is 7.06. The van der Waals surface area contributed by atoms with Gasteiger partial charge in [0, 0.05) is 27.6 Å². The van der Waals surface area contributed by atoms with E-state index in [1.54, 1.807) is 0 Å². The van der Waals surface area contributed by atoms with Crippen LogP contribution in [0.4, 0.5) is 0 Å². The smallest absolute Gasteiger partial charge is 0.294 e. The lowest BCUT2D eigenvalue weighted by Gasteiger charge is -2.07. The lowest BCUT2D eigenvalue weighted by Crippen LogP contribution is -2.26. The topological polar surface area (TPSA) is 21.4 Å². The molecule has 3 heterocycles. The summed E-state index contributed by atoms with van der Waals surface area (Å²) in [5.41, 5.74) is 5.54. The Kier molecular flexibility index (Phi) is 2.48. The molecule has 124 valence electrons. The molecule has 0 unspecified atom stereocenters. The zero-order valence-corrected chi connectivity index (χ0v) is 14.7. The number of fused-ring (bicyclic) bond motifs is 9. The number of rotatable bonds is 0. The molecule has 0 bridgehead atoms. The van der Waals surface area contributed by atoms with E-state index >= 15 is 0 Å². The Balaban J connectivity index is 1.97. The summed E-state index contributed by atoms with van der Waals surface area (Å²) in [4.78, 5) is 0. The second-order valence-electron chi connectivity index (χ2n) is 7.06. The highest BCUT2D eigenvalue weighted by Crippen LogP contribution is 2.36. The van der Waals surface area contributed by atoms with Gasteiger partial charge in [0.05, 0.1) is 12.4 Å². The molecule has 0 saturated carbocycles. The number of nitrogens with zero attached hydrogens (tertiary/aromatic N) is 2. The lowest BCUT2D eigenvalue weighted by atomic mass is 10.0. The van der Waals surface area contributed by atoms with Crippen LogP contribution in [0.25, 0.3) is 49.3 Å². The minimum atomic E-state index is 0.934. The first-order chi connectivity index (χ1) is 12.7. The normalized spacial score (nSPS) is 12.2. The van der Waals surface area contributed by atoms with Crippen LogP contribution >= 0.6 is 0 Å². The third-order valence-electron chi connectivity index (χ3n) is 5.54. The number of para-hydroxylation sites is 1. The standard InChI is InChI=1S/C23H17N2O/c1-14-6-5-8-16-17-12-18-15-7-3-4-9-20(15)26-21(18)13-19(17)25-11-10-24(2)23(25)22(14)16/h3-13H,1-2H3/q+1. The molecule has 0 aliphatic rings. The zero-order valence-electron chi connectivity index (χ0n) is 14.7. The van der Waals surface area contributed by atoms with Gasteiger partial charge in [-0.1, -0.05) is 36.4 Å². The molecule has 0 amide bonds. The van der Waals surface area contributed by atoms with Crippen LogP contribution in [0.1, 0.15) is 5.56 Å². The monoisotopic (exact) mass is 337 g/mol. The Morgan fingerprint density at radius 2 is 1.69 bits per heavy atom. The Labute approximate surface area is 149 Å². The van der Waals surface area contributed by atoms with Gasteiger partial charge < -0.3 is 4.42 Å². The van der Waals surface area contributed by atoms with E-state index in [0.29, 0.717) is 0 Å². The SMILES string of the molecule is Cc1cccc2c3cc4c(cc3n3cc[n+](C)c3c12)oc1ccccc14. The van der Waals surface area contributed by atoms with Crippen LogP contribution < -0.4 is 4.57 Å². The van der Waals surface area contributed by atoms with Crippen molar-refractivity contribution in [2.75, 3.05) is 0 Å². The first-order valence-electron chi connectivity index (χ1n) is 8.85. The molecule has 0 aliphatic carbocycles. The summed E-state index contributed by atoms with van der Waals surface area (Å²) in [5.74, 6) is 0. The highest BCUT2D eigenvalue weighted by Gasteiger charge is 2.20. The summed E-state index contributed by atoms with van der Waals surface area (Å²) >= 11 is 0. The number of imidazole rings is 1. The van der Waals surface area contributed by atoms with Crippen LogP contribution in [-0.2, 0) is 7.05 Å². The Morgan fingerprint density at radius 3 is 2.62 bits per heavy atom. The fourth-order valence-corrected chi connectivity index (χ4v) is 4.33. The van der Waals surface area contributed by atoms with Crippen LogP contribution in [0.5, 0.6) is 0 Å². The van der Waals surface area contributed by atoms with Crippen molar-refractivity contribution < 1.29 is 8.98 Å². The summed E-state index contributed by atoms with van der Waals surface area (Å²) < 4.78 is 10.6. The molecule has 3 heteroatoms. The van der Waals surface area contributed by atoms with Gasteiger partial charge in [-0.15, -0.1) is 0 Å². The van der Waals surface area contributed by atoms with Crippen molar-refractivity contribution in [3.8, 4) is 0 Å². The van der Waals surface area contributed by atoms with E-state index in [9.17, 15) is 0 Å². The van der Waals surface area contributed by atoms with E-state index in [4.69, 9.17) is 4.42 Å². The summed E-state index contributed by atoms with van der Waals surface area (Å²) in [6.45, 7) is 2.19. The quantitative estimate of drug-likeness (QED) is 0.273. The number of aryl methyl sites for hydroxylation is 2. The third-order valence-corrected chi connectivity index (χ3v) is 5.54. The lowest BCUT2D eigenvalue weighted by molar-refractivity contribution is -0.643. The molecule has 0 spiro atoms. The van der Waals surface area contributed by atoms with Crippen molar-refractivity contribution in [2.24, 2.45) is 7.05 Å². The number of furan rings is 1. The molecule has 0 N–H and O–H groups in total. The van der Waals surface area contributed by atoms with Gasteiger partial charge in [-0.05, 0) is 24.6 Å². The van der Waals surface area contributed by atoms with E-state index in [1.807, 2.05) is 12.1 Å². The highest BCUT2D eigenvalue weighted by atomic mass is 16.3. The van der Waals surface area contributed by atoms with Crippen LogP contribution in [0, 0.1) is 6.92 Å². The minimum absolute atomic E-state index is 0.934. The first-order valence-corrected chi connectivity index (χ1v) is 8.85. The minimum Gasteiger partial charge on any atom is -0.456 e. The van der Waals surface area contributed by atoms with E-state index in [0.717, 1.165) is 11.2 Å². The Hall–Kier alpha value is -3.33. The molecule has 0 aliphatic heterocycles. The number of hydrogen-bond donors (Lipinski definition) is 0. The summed E-state index contributed by atoms with van der Waals surface area (Å²) in [6, 6.07) is 19.3. The maximum absolute atomic E-state index is 6.13. The van der Waals surface area contributed by atoms with Crippen molar-refractivity contribution in [3.05, 3.63) is 72.6 Å². The molecule has 3 nitrogen and oxygen atoms in total. The van der Waals surface area contributed by atoms with Gasteiger partial charge in [-0.2, -0.15) is 4.40 Å². The van der Waals surface area contributed by atoms with Crippen LogP contribution in [0.3, 0.4) is 0 Å². The largest absolute Gasteiger partial charge is 0.456 e. The second kappa shape index (κ2) is 4.64. The average Bonchev–Trinajstić information content (AvgIpc) is 3.21. The van der Waals surface area contributed by atoms with Gasteiger partial charge in [-0.3, -0.25) is 0 Å². The Morgan fingerprint density at radius 1 is 0.846 bits per heavy atom. The predicted molar refractivity (Wildman–Crippen MR) is 106 cm³/mol. The molecule has 3 aromatic heterocycles. The van der Waals surface area contributed by atoms with Crippen molar-refractivity contribution in [1.82, 2.24) is 4.40 Å². The van der Waals surface area contributed by atoms with Gasteiger partial charge in [0.25, 0.3) is 5.65 Å². The van der Waals surface area contributed by atoms with Gasteiger partial charge in [-0.25, -0.2) is 4.57 Å². The van der Waals surface area contributed by atoms with E-state index < -0.39 is 0 Å². The van der Waals surface area contributed by atoms with Crippen molar-refractivity contribution in [1.29, 1.82) is 0 Å². The number of pyridine rings is 1. The fraction of sp³-hybridized carbons (Fsp3) is 0.0870. The molecule has 6 rings (SSSR count). The molecular weight excluding hydrogens is 320 g/mol. The summed E-state index contributed by atoms with van der Waals surface area (Å²) in [6.07, 6.45) is 4.25. The molecule has 6 aromatic rings. The van der Waals surface area contributed by atoms with E-state index in [-0.39, 0.29) is 0 Å². The maximum Gasteiger partial charge on any atom is 0.294 e. The molecule has 26 heavy (non-hydrogen) atoms. The molecule has 0 radical (unpaired) electrons. The molecule has 0 atom stereocenters.